The molecule has 0 saturated heterocycles. The highest BCUT2D eigenvalue weighted by Crippen LogP contribution is 2.50. The number of unbranched alkanes of at least 4 members (excludes halogenated alkanes) is 1. The van der Waals surface area contributed by atoms with Gasteiger partial charge >= 0.3 is 6.72 Å². The molecule has 9 heteroatoms. The first kappa shape index (κ1) is 25.2. The van der Waals surface area contributed by atoms with E-state index in [-0.39, 0.29) is 5.43 Å². The van der Waals surface area contributed by atoms with Gasteiger partial charge in [0.25, 0.3) is 0 Å². The van der Waals surface area contributed by atoms with Crippen molar-refractivity contribution >= 4 is 51.6 Å². The summed E-state index contributed by atoms with van der Waals surface area (Å²) < 4.78 is 35.8. The molecule has 0 amide bonds. The fourth-order valence-corrected chi connectivity index (χ4v) is 6.35. The molecule has 1 heterocycles. The predicted molar refractivity (Wildman–Crippen MR) is 134 cm³/mol. The van der Waals surface area contributed by atoms with Gasteiger partial charge in [0.05, 0.1) is 24.0 Å². The number of hydrogen-bond donors (Lipinski definition) is 0. The normalized spacial score (nSPS) is 13.0. The van der Waals surface area contributed by atoms with E-state index in [2.05, 4.69) is 6.92 Å². The number of hydrogen-bond acceptors (Lipinski definition) is 7. The van der Waals surface area contributed by atoms with Crippen LogP contribution < -0.4 is 9.95 Å². The van der Waals surface area contributed by atoms with Crippen LogP contribution in [0.1, 0.15) is 46.5 Å². The summed E-state index contributed by atoms with van der Waals surface area (Å²) >= 11 is 4.41. The highest BCUT2D eigenvalue weighted by atomic mass is 32.5. The molecule has 0 saturated carbocycles. The van der Waals surface area contributed by atoms with Gasteiger partial charge in [-0.25, -0.2) is 0 Å². The van der Waals surface area contributed by atoms with Crippen molar-refractivity contribution in [1.82, 2.24) is 0 Å². The lowest BCUT2D eigenvalue weighted by atomic mass is 10.1. The molecule has 32 heavy (non-hydrogen) atoms. The van der Waals surface area contributed by atoms with E-state index in [1.165, 1.54) is 0 Å². The van der Waals surface area contributed by atoms with Gasteiger partial charge in [-0.1, -0.05) is 27.2 Å². The van der Waals surface area contributed by atoms with Crippen molar-refractivity contribution in [3.05, 3.63) is 46.6 Å². The minimum Gasteiger partial charge on any atom is -0.611 e. The molecule has 6 nitrogen and oxygen atoms in total. The fourth-order valence-electron chi connectivity index (χ4n) is 3.03. The van der Waals surface area contributed by atoms with E-state index in [0.717, 1.165) is 25.7 Å². The van der Waals surface area contributed by atoms with Gasteiger partial charge in [-0.15, -0.1) is 0 Å². The number of benzene rings is 2. The smallest absolute Gasteiger partial charge is 0.380 e. The summed E-state index contributed by atoms with van der Waals surface area (Å²) in [6, 6.07) is 10.1. The zero-order chi connectivity index (χ0) is 23.1. The Hall–Kier alpha value is -1.41. The van der Waals surface area contributed by atoms with Gasteiger partial charge in [-0.2, -0.15) is 0 Å². The Morgan fingerprint density at radius 2 is 1.69 bits per heavy atom. The summed E-state index contributed by atoms with van der Waals surface area (Å²) in [5, 5.41) is 0.803. The van der Waals surface area contributed by atoms with Crippen molar-refractivity contribution in [1.29, 1.82) is 0 Å². The van der Waals surface area contributed by atoms with Crippen LogP contribution in [0, 0.1) is 0 Å². The van der Waals surface area contributed by atoms with E-state index >= 15 is 0 Å². The summed E-state index contributed by atoms with van der Waals surface area (Å²) in [6.45, 7) is 3.92. The van der Waals surface area contributed by atoms with Crippen LogP contribution in [0.15, 0.2) is 50.5 Å². The Kier molecular flexibility index (Phi) is 9.17. The van der Waals surface area contributed by atoms with Crippen molar-refractivity contribution in [3.63, 3.8) is 0 Å². The van der Waals surface area contributed by atoms with E-state index in [1.54, 1.807) is 36.4 Å². The van der Waals surface area contributed by atoms with Crippen LogP contribution in [0.5, 0.6) is 5.75 Å². The van der Waals surface area contributed by atoms with Gasteiger partial charge < -0.3 is 13.5 Å². The van der Waals surface area contributed by atoms with E-state index in [9.17, 15) is 9.35 Å². The van der Waals surface area contributed by atoms with Gasteiger partial charge in [0.2, 0.25) is 5.43 Å². The van der Waals surface area contributed by atoms with Crippen LogP contribution in [0.4, 0.5) is 0 Å². The molecule has 0 spiro atoms. The molecule has 0 aliphatic rings. The molecule has 1 atom stereocenters. The predicted octanol–water partition coefficient (Wildman–Crippen LogP) is 6.31. The topological polar surface area (TPSA) is 81.0 Å². The van der Waals surface area contributed by atoms with Crippen molar-refractivity contribution < 1.29 is 22.5 Å². The molecule has 1 unspecified atom stereocenters. The van der Waals surface area contributed by atoms with E-state index in [0.29, 0.717) is 51.6 Å². The third-order valence-electron chi connectivity index (χ3n) is 4.68. The van der Waals surface area contributed by atoms with Gasteiger partial charge in [0, 0.05) is 17.9 Å². The molecular weight excluding hydrogens is 467 g/mol. The van der Waals surface area contributed by atoms with E-state index in [4.69, 9.17) is 29.8 Å². The standard InChI is InChI=1S/C23H29O6PS2/c1-4-7-14-32(25)18-9-10-19-22(16-18)28-21-11-8-17(15-20(21)23(19)24)29-30(31,26-12-5-2)27-13-6-3/h8-11,15-16H,4-7,12-14H2,1-3H3. The van der Waals surface area contributed by atoms with Crippen molar-refractivity contribution in [2.75, 3.05) is 19.0 Å². The van der Waals surface area contributed by atoms with Crippen LogP contribution in [0.2, 0.25) is 0 Å². The first-order valence-electron chi connectivity index (χ1n) is 10.9. The van der Waals surface area contributed by atoms with Crippen molar-refractivity contribution in [2.24, 2.45) is 0 Å². The zero-order valence-corrected chi connectivity index (χ0v) is 21.2. The van der Waals surface area contributed by atoms with Crippen LogP contribution in [0.3, 0.4) is 0 Å². The summed E-state index contributed by atoms with van der Waals surface area (Å²) in [7, 11) is 0. The summed E-state index contributed by atoms with van der Waals surface area (Å²) in [5.41, 5.74) is 0.652. The Morgan fingerprint density at radius 3 is 2.34 bits per heavy atom. The second kappa shape index (κ2) is 11.6. The molecule has 0 bridgehead atoms. The molecular formula is C23H29O6PS2. The third-order valence-corrected chi connectivity index (χ3v) is 8.41. The SMILES string of the molecule is CCCC[S+]([O-])c1ccc2c(=O)c3cc(OP(=S)(OCCC)OCCC)ccc3oc2c1. The molecule has 3 aromatic rings. The van der Waals surface area contributed by atoms with E-state index < -0.39 is 17.9 Å². The third kappa shape index (κ3) is 6.13. The lowest BCUT2D eigenvalue weighted by molar-refractivity contribution is 0.202. The van der Waals surface area contributed by atoms with Crippen LogP contribution in [0.25, 0.3) is 21.9 Å². The average Bonchev–Trinajstić information content (AvgIpc) is 2.80. The summed E-state index contributed by atoms with van der Waals surface area (Å²) in [4.78, 5) is 13.8. The summed E-state index contributed by atoms with van der Waals surface area (Å²) in [5.74, 6) is 0.990. The fraction of sp³-hybridized carbons (Fsp3) is 0.435. The van der Waals surface area contributed by atoms with Gasteiger partial charge in [0.1, 0.15) is 22.7 Å². The van der Waals surface area contributed by atoms with Crippen LogP contribution >= 0.6 is 6.72 Å². The lowest BCUT2D eigenvalue weighted by Crippen LogP contribution is -2.08. The monoisotopic (exact) mass is 496 g/mol. The quantitative estimate of drug-likeness (QED) is 0.165. The molecule has 174 valence electrons. The maximum Gasteiger partial charge on any atom is 0.380 e. The molecule has 0 aliphatic heterocycles. The van der Waals surface area contributed by atoms with Crippen LogP contribution in [-0.4, -0.2) is 23.5 Å². The molecule has 0 radical (unpaired) electrons. The maximum atomic E-state index is 13.1. The largest absolute Gasteiger partial charge is 0.611 e. The van der Waals surface area contributed by atoms with Crippen LogP contribution in [-0.2, 0) is 32.0 Å². The van der Waals surface area contributed by atoms with Gasteiger partial charge in [-0.05, 0) is 60.8 Å². The first-order valence-corrected chi connectivity index (χ1v) is 14.8. The molecule has 1 aromatic heterocycles. The minimum atomic E-state index is -2.98. The Bertz CT molecular complexity index is 1150. The Balaban J connectivity index is 1.95. The van der Waals surface area contributed by atoms with Gasteiger partial charge in [-0.3, -0.25) is 13.8 Å². The second-order valence-corrected chi connectivity index (χ2v) is 11.9. The second-order valence-electron chi connectivity index (χ2n) is 7.36. The van der Waals surface area contributed by atoms with Crippen molar-refractivity contribution in [2.45, 2.75) is 51.3 Å². The molecule has 0 N–H and O–H groups in total. The zero-order valence-electron chi connectivity index (χ0n) is 18.6. The molecule has 2 aromatic carbocycles. The van der Waals surface area contributed by atoms with E-state index in [1.807, 2.05) is 13.8 Å². The lowest BCUT2D eigenvalue weighted by Gasteiger charge is -2.22. The highest BCUT2D eigenvalue weighted by Gasteiger charge is 2.23. The molecule has 3 rings (SSSR count). The highest BCUT2D eigenvalue weighted by molar-refractivity contribution is 8.07. The minimum absolute atomic E-state index is 0.185. The first-order chi connectivity index (χ1) is 15.4. The van der Waals surface area contributed by atoms with Crippen molar-refractivity contribution in [3.8, 4) is 5.75 Å². The molecule has 0 fully saturated rings. The number of fused-ring (bicyclic) bond motifs is 2. The molecule has 0 aliphatic carbocycles. The van der Waals surface area contributed by atoms with Gasteiger partial charge in [0.15, 0.2) is 4.90 Å². The average molecular weight is 497 g/mol. The Morgan fingerprint density at radius 1 is 0.969 bits per heavy atom. The maximum absolute atomic E-state index is 13.1. The summed E-state index contributed by atoms with van der Waals surface area (Å²) in [6.07, 6.45) is 3.43. The number of rotatable bonds is 12. The Labute approximate surface area is 196 Å².